The lowest BCUT2D eigenvalue weighted by molar-refractivity contribution is 0.0510. The quantitative estimate of drug-likeness (QED) is 0.859. The van der Waals surface area contributed by atoms with Crippen LogP contribution in [0.25, 0.3) is 0 Å². The Bertz CT molecular complexity index is 747. The summed E-state index contributed by atoms with van der Waals surface area (Å²) in [6, 6.07) is 9.45. The molecular formula is C18H19N3O2S. The van der Waals surface area contributed by atoms with Gasteiger partial charge in [-0.25, -0.2) is 4.98 Å². The molecule has 2 fully saturated rings. The van der Waals surface area contributed by atoms with E-state index >= 15 is 0 Å². The van der Waals surface area contributed by atoms with Gasteiger partial charge in [0.1, 0.15) is 11.8 Å². The summed E-state index contributed by atoms with van der Waals surface area (Å²) in [7, 11) is 0. The van der Waals surface area contributed by atoms with Crippen molar-refractivity contribution in [2.24, 2.45) is 0 Å². The molecule has 0 aliphatic carbocycles. The van der Waals surface area contributed by atoms with Gasteiger partial charge < -0.3 is 9.64 Å². The summed E-state index contributed by atoms with van der Waals surface area (Å²) in [5.41, 5.74) is 1.59. The number of rotatable bonds is 3. The predicted octanol–water partition coefficient (Wildman–Crippen LogP) is 2.56. The molecule has 2 aromatic heterocycles. The van der Waals surface area contributed by atoms with Crippen LogP contribution in [0, 0.1) is 6.92 Å². The number of amides is 1. The van der Waals surface area contributed by atoms with E-state index in [0.29, 0.717) is 11.6 Å². The number of aromatic nitrogens is 2. The molecule has 0 aromatic carbocycles. The molecule has 0 bridgehead atoms. The third-order valence-corrected chi connectivity index (χ3v) is 6.06. The first-order chi connectivity index (χ1) is 11.6. The molecule has 4 heterocycles. The van der Waals surface area contributed by atoms with Crippen LogP contribution in [0.2, 0.25) is 0 Å². The number of pyridine rings is 2. The van der Waals surface area contributed by atoms with Gasteiger partial charge in [0.15, 0.2) is 0 Å². The number of likely N-dealkylation sites (tertiary alicyclic amines) is 1. The number of aryl methyl sites for hydroxylation is 1. The standard InChI is InChI=1S/C18H19N3O2S/c1-13-5-7-19-15(8-13)17(22)21-11-18(12-21)9-14(10-24-18)23-16-4-2-3-6-20-16/h2-8,14H,9-12H2,1H3. The first-order valence-electron chi connectivity index (χ1n) is 8.07. The highest BCUT2D eigenvalue weighted by atomic mass is 32.2. The van der Waals surface area contributed by atoms with Gasteiger partial charge in [0.05, 0.1) is 4.75 Å². The maximum absolute atomic E-state index is 12.5. The summed E-state index contributed by atoms with van der Waals surface area (Å²) in [6.07, 6.45) is 4.56. The molecule has 1 amide bonds. The normalized spacial score (nSPS) is 21.5. The maximum Gasteiger partial charge on any atom is 0.272 e. The average Bonchev–Trinajstić information content (AvgIpc) is 2.98. The summed E-state index contributed by atoms with van der Waals surface area (Å²) in [4.78, 5) is 22.8. The Labute approximate surface area is 145 Å². The fourth-order valence-electron chi connectivity index (χ4n) is 3.29. The van der Waals surface area contributed by atoms with Crippen LogP contribution in [0.15, 0.2) is 42.7 Å². The van der Waals surface area contributed by atoms with E-state index in [0.717, 1.165) is 30.8 Å². The van der Waals surface area contributed by atoms with Gasteiger partial charge in [0.25, 0.3) is 5.91 Å². The van der Waals surface area contributed by atoms with Gasteiger partial charge in [-0.2, -0.15) is 0 Å². The number of thioether (sulfide) groups is 1. The Balaban J connectivity index is 1.34. The summed E-state index contributed by atoms with van der Waals surface area (Å²) < 4.78 is 6.09. The lowest BCUT2D eigenvalue weighted by Crippen LogP contribution is -2.61. The van der Waals surface area contributed by atoms with Crippen LogP contribution in [0.3, 0.4) is 0 Å². The Morgan fingerprint density at radius 3 is 2.92 bits per heavy atom. The van der Waals surface area contributed by atoms with Gasteiger partial charge in [0.2, 0.25) is 5.88 Å². The van der Waals surface area contributed by atoms with Crippen LogP contribution >= 0.6 is 11.8 Å². The topological polar surface area (TPSA) is 55.3 Å². The number of carbonyl (C=O) groups is 1. The van der Waals surface area contributed by atoms with Crippen molar-refractivity contribution < 1.29 is 9.53 Å². The first kappa shape index (κ1) is 15.4. The van der Waals surface area contributed by atoms with Crippen LogP contribution in [-0.4, -0.2) is 50.5 Å². The number of hydrogen-bond acceptors (Lipinski definition) is 5. The van der Waals surface area contributed by atoms with E-state index in [2.05, 4.69) is 9.97 Å². The molecule has 0 radical (unpaired) electrons. The second-order valence-corrected chi connectivity index (χ2v) is 7.97. The third-order valence-electron chi connectivity index (χ3n) is 4.48. The van der Waals surface area contributed by atoms with E-state index in [1.165, 1.54) is 0 Å². The fraction of sp³-hybridized carbons (Fsp3) is 0.389. The van der Waals surface area contributed by atoms with Gasteiger partial charge in [-0.15, -0.1) is 11.8 Å². The molecule has 24 heavy (non-hydrogen) atoms. The highest BCUT2D eigenvalue weighted by molar-refractivity contribution is 8.01. The van der Waals surface area contributed by atoms with Crippen molar-refractivity contribution in [3.05, 3.63) is 54.0 Å². The van der Waals surface area contributed by atoms with Crippen molar-refractivity contribution in [1.29, 1.82) is 0 Å². The number of carbonyl (C=O) groups excluding carboxylic acids is 1. The number of nitrogens with zero attached hydrogens (tertiary/aromatic N) is 3. The number of ether oxygens (including phenoxy) is 1. The second-order valence-electron chi connectivity index (χ2n) is 6.49. The van der Waals surface area contributed by atoms with Crippen LogP contribution in [0.5, 0.6) is 5.88 Å². The monoisotopic (exact) mass is 341 g/mol. The third kappa shape index (κ3) is 2.98. The molecule has 124 valence electrons. The molecule has 1 atom stereocenters. The van der Waals surface area contributed by atoms with E-state index in [-0.39, 0.29) is 16.8 Å². The minimum atomic E-state index is 0.0269. The van der Waals surface area contributed by atoms with Crippen molar-refractivity contribution in [2.75, 3.05) is 18.8 Å². The van der Waals surface area contributed by atoms with E-state index < -0.39 is 0 Å². The molecule has 1 unspecified atom stereocenters. The summed E-state index contributed by atoms with van der Waals surface area (Å²) in [6.45, 7) is 3.52. The van der Waals surface area contributed by atoms with Gasteiger partial charge in [0, 0.05) is 43.7 Å². The van der Waals surface area contributed by atoms with Gasteiger partial charge in [-0.05, 0) is 30.7 Å². The summed E-state index contributed by atoms with van der Waals surface area (Å²) >= 11 is 1.91. The van der Waals surface area contributed by atoms with E-state index in [1.807, 2.05) is 53.9 Å². The van der Waals surface area contributed by atoms with Gasteiger partial charge >= 0.3 is 0 Å². The predicted molar refractivity (Wildman–Crippen MR) is 93.3 cm³/mol. The zero-order chi connectivity index (χ0) is 16.6. The van der Waals surface area contributed by atoms with Crippen molar-refractivity contribution in [3.63, 3.8) is 0 Å². The molecule has 2 aliphatic heterocycles. The van der Waals surface area contributed by atoms with Crippen molar-refractivity contribution in [2.45, 2.75) is 24.2 Å². The molecule has 5 nitrogen and oxygen atoms in total. The van der Waals surface area contributed by atoms with Gasteiger partial charge in [-0.3, -0.25) is 9.78 Å². The van der Waals surface area contributed by atoms with Crippen molar-refractivity contribution in [3.8, 4) is 5.88 Å². The van der Waals surface area contributed by atoms with Crippen LogP contribution in [-0.2, 0) is 0 Å². The molecule has 0 saturated carbocycles. The Morgan fingerprint density at radius 1 is 1.29 bits per heavy atom. The Hall–Kier alpha value is -2.08. The van der Waals surface area contributed by atoms with Crippen LogP contribution < -0.4 is 4.74 Å². The molecular weight excluding hydrogens is 322 g/mol. The molecule has 2 saturated heterocycles. The fourth-order valence-corrected chi connectivity index (χ4v) is 4.82. The molecule has 2 aromatic rings. The maximum atomic E-state index is 12.5. The minimum absolute atomic E-state index is 0.0269. The van der Waals surface area contributed by atoms with Crippen molar-refractivity contribution >= 4 is 17.7 Å². The molecule has 6 heteroatoms. The zero-order valence-corrected chi connectivity index (χ0v) is 14.3. The largest absolute Gasteiger partial charge is 0.473 e. The highest BCUT2D eigenvalue weighted by Crippen LogP contribution is 2.46. The minimum Gasteiger partial charge on any atom is -0.473 e. The second kappa shape index (κ2) is 6.09. The lowest BCUT2D eigenvalue weighted by atomic mass is 9.92. The van der Waals surface area contributed by atoms with Crippen LogP contribution in [0.1, 0.15) is 22.5 Å². The molecule has 2 aliphatic rings. The molecule has 1 spiro atoms. The summed E-state index contributed by atoms with van der Waals surface area (Å²) in [5, 5.41) is 0. The smallest absolute Gasteiger partial charge is 0.272 e. The van der Waals surface area contributed by atoms with Gasteiger partial charge in [-0.1, -0.05) is 6.07 Å². The van der Waals surface area contributed by atoms with E-state index in [1.54, 1.807) is 12.4 Å². The average molecular weight is 341 g/mol. The highest BCUT2D eigenvalue weighted by Gasteiger charge is 2.51. The summed E-state index contributed by atoms with van der Waals surface area (Å²) in [5.74, 6) is 1.65. The zero-order valence-electron chi connectivity index (χ0n) is 13.5. The van der Waals surface area contributed by atoms with Crippen LogP contribution in [0.4, 0.5) is 0 Å². The lowest BCUT2D eigenvalue weighted by Gasteiger charge is -2.47. The Kier molecular flexibility index (Phi) is 3.92. The van der Waals surface area contributed by atoms with E-state index in [9.17, 15) is 4.79 Å². The number of hydrogen-bond donors (Lipinski definition) is 0. The molecule has 4 rings (SSSR count). The van der Waals surface area contributed by atoms with Crippen molar-refractivity contribution in [1.82, 2.24) is 14.9 Å². The first-order valence-corrected chi connectivity index (χ1v) is 9.06. The Morgan fingerprint density at radius 2 is 2.17 bits per heavy atom. The SMILES string of the molecule is Cc1ccnc(C(=O)N2CC3(CC(Oc4ccccn4)CS3)C2)c1. The molecule has 0 N–H and O–H groups in total. The van der Waals surface area contributed by atoms with E-state index in [4.69, 9.17) is 4.74 Å².